The Hall–Kier alpha value is -2.14. The van der Waals surface area contributed by atoms with E-state index in [0.717, 1.165) is 18.7 Å². The molecule has 118 valence electrons. The maximum Gasteiger partial charge on any atom is 0.251 e. The SMILES string of the molecule is CCn1nc(C)c(Cc2ccc(C(=O)NCCN)cc2)c1C. The summed E-state index contributed by atoms with van der Waals surface area (Å²) < 4.78 is 2.03. The van der Waals surface area contributed by atoms with Crippen molar-refractivity contribution in [3.8, 4) is 0 Å². The second kappa shape index (κ2) is 7.22. The number of hydrogen-bond acceptors (Lipinski definition) is 3. The van der Waals surface area contributed by atoms with Crippen molar-refractivity contribution in [1.82, 2.24) is 15.1 Å². The van der Waals surface area contributed by atoms with Crippen molar-refractivity contribution in [2.75, 3.05) is 13.1 Å². The van der Waals surface area contributed by atoms with Crippen LogP contribution in [-0.4, -0.2) is 28.8 Å². The molecule has 0 bridgehead atoms. The van der Waals surface area contributed by atoms with Gasteiger partial charge in [0.05, 0.1) is 5.69 Å². The van der Waals surface area contributed by atoms with Crippen molar-refractivity contribution in [2.24, 2.45) is 5.73 Å². The van der Waals surface area contributed by atoms with Crippen molar-refractivity contribution in [2.45, 2.75) is 33.7 Å². The van der Waals surface area contributed by atoms with Gasteiger partial charge in [0.15, 0.2) is 0 Å². The van der Waals surface area contributed by atoms with Crippen LogP contribution in [0.15, 0.2) is 24.3 Å². The summed E-state index contributed by atoms with van der Waals surface area (Å²) in [6, 6.07) is 7.71. The van der Waals surface area contributed by atoms with Gasteiger partial charge in [-0.3, -0.25) is 9.48 Å². The largest absolute Gasteiger partial charge is 0.351 e. The molecule has 0 unspecified atom stereocenters. The minimum absolute atomic E-state index is 0.0804. The Kier molecular flexibility index (Phi) is 5.33. The second-order valence-electron chi connectivity index (χ2n) is 5.38. The molecule has 0 aliphatic carbocycles. The molecule has 2 rings (SSSR count). The fraction of sp³-hybridized carbons (Fsp3) is 0.412. The Bertz CT molecular complexity index is 643. The first kappa shape index (κ1) is 16.2. The van der Waals surface area contributed by atoms with Gasteiger partial charge in [0, 0.05) is 42.9 Å². The zero-order chi connectivity index (χ0) is 16.1. The Balaban J connectivity index is 2.12. The summed E-state index contributed by atoms with van der Waals surface area (Å²) in [4.78, 5) is 11.8. The minimum Gasteiger partial charge on any atom is -0.351 e. The zero-order valence-corrected chi connectivity index (χ0v) is 13.5. The molecule has 22 heavy (non-hydrogen) atoms. The molecule has 0 aliphatic heterocycles. The maximum atomic E-state index is 11.8. The number of hydrogen-bond donors (Lipinski definition) is 2. The van der Waals surface area contributed by atoms with Crippen LogP contribution in [0.2, 0.25) is 0 Å². The molecule has 3 N–H and O–H groups in total. The van der Waals surface area contributed by atoms with Gasteiger partial charge in [0.1, 0.15) is 0 Å². The number of carbonyl (C=O) groups is 1. The lowest BCUT2D eigenvalue weighted by Gasteiger charge is -2.06. The molecule has 5 nitrogen and oxygen atoms in total. The van der Waals surface area contributed by atoms with Gasteiger partial charge >= 0.3 is 0 Å². The molecule has 0 radical (unpaired) electrons. The molecule has 0 saturated carbocycles. The van der Waals surface area contributed by atoms with Crippen LogP contribution in [0.1, 0.15) is 39.8 Å². The smallest absolute Gasteiger partial charge is 0.251 e. The van der Waals surface area contributed by atoms with Gasteiger partial charge in [-0.15, -0.1) is 0 Å². The van der Waals surface area contributed by atoms with Gasteiger partial charge in [-0.2, -0.15) is 5.10 Å². The number of aryl methyl sites for hydroxylation is 2. The third kappa shape index (κ3) is 3.54. The molecule has 1 amide bonds. The molecule has 5 heteroatoms. The Morgan fingerprint density at radius 2 is 1.95 bits per heavy atom. The van der Waals surface area contributed by atoms with Crippen molar-refractivity contribution in [1.29, 1.82) is 0 Å². The summed E-state index contributed by atoms with van der Waals surface area (Å²) in [6.45, 7) is 8.07. The van der Waals surface area contributed by atoms with Crippen LogP contribution in [0.5, 0.6) is 0 Å². The zero-order valence-electron chi connectivity index (χ0n) is 13.5. The van der Waals surface area contributed by atoms with E-state index in [4.69, 9.17) is 5.73 Å². The van der Waals surface area contributed by atoms with Gasteiger partial charge in [-0.1, -0.05) is 12.1 Å². The van der Waals surface area contributed by atoms with Gasteiger partial charge in [0.2, 0.25) is 0 Å². The average molecular weight is 300 g/mol. The van der Waals surface area contributed by atoms with E-state index in [1.165, 1.54) is 16.8 Å². The standard InChI is InChI=1S/C17H24N4O/c1-4-21-13(3)16(12(2)20-21)11-14-5-7-15(8-6-14)17(22)19-10-9-18/h5-8H,4,9-11,18H2,1-3H3,(H,19,22). The number of nitrogens with two attached hydrogens (primary N) is 1. The lowest BCUT2D eigenvalue weighted by molar-refractivity contribution is 0.0955. The molecule has 1 heterocycles. The fourth-order valence-electron chi connectivity index (χ4n) is 2.56. The van der Waals surface area contributed by atoms with Gasteiger partial charge in [-0.05, 0) is 38.5 Å². The fourth-order valence-corrected chi connectivity index (χ4v) is 2.56. The molecule has 1 aromatic heterocycles. The first-order chi connectivity index (χ1) is 10.6. The highest BCUT2D eigenvalue weighted by molar-refractivity contribution is 5.94. The average Bonchev–Trinajstić information content (AvgIpc) is 2.80. The normalized spacial score (nSPS) is 10.7. The highest BCUT2D eigenvalue weighted by atomic mass is 16.1. The third-order valence-electron chi connectivity index (χ3n) is 3.86. The molecule has 0 aliphatic rings. The number of amides is 1. The summed E-state index contributed by atoms with van der Waals surface area (Å²) in [5, 5.41) is 7.31. The van der Waals surface area contributed by atoms with E-state index < -0.39 is 0 Å². The van der Waals surface area contributed by atoms with Crippen molar-refractivity contribution in [3.63, 3.8) is 0 Å². The van der Waals surface area contributed by atoms with E-state index in [1.807, 2.05) is 35.9 Å². The monoisotopic (exact) mass is 300 g/mol. The summed E-state index contributed by atoms with van der Waals surface area (Å²) >= 11 is 0. The predicted octanol–water partition coefficient (Wildman–Crippen LogP) is 1.80. The number of aromatic nitrogens is 2. The van der Waals surface area contributed by atoms with Crippen LogP contribution >= 0.6 is 0 Å². The van der Waals surface area contributed by atoms with Crippen LogP contribution in [0, 0.1) is 13.8 Å². The molecule has 0 atom stereocenters. The summed E-state index contributed by atoms with van der Waals surface area (Å²) in [7, 11) is 0. The molecular formula is C17H24N4O. The number of rotatable bonds is 6. The third-order valence-corrected chi connectivity index (χ3v) is 3.86. The van der Waals surface area contributed by atoms with Gasteiger partial charge in [0.25, 0.3) is 5.91 Å². The molecule has 0 saturated heterocycles. The number of carbonyl (C=O) groups excluding carboxylic acids is 1. The lowest BCUT2D eigenvalue weighted by Crippen LogP contribution is -2.28. The number of nitrogens with zero attached hydrogens (tertiary/aromatic N) is 2. The highest BCUT2D eigenvalue weighted by Crippen LogP contribution is 2.18. The Morgan fingerprint density at radius 1 is 1.27 bits per heavy atom. The molecule has 0 fully saturated rings. The van der Waals surface area contributed by atoms with Crippen LogP contribution < -0.4 is 11.1 Å². The first-order valence-electron chi connectivity index (χ1n) is 7.66. The molecule has 2 aromatic rings. The van der Waals surface area contributed by atoms with Crippen LogP contribution in [-0.2, 0) is 13.0 Å². The molecular weight excluding hydrogens is 276 g/mol. The minimum atomic E-state index is -0.0804. The first-order valence-corrected chi connectivity index (χ1v) is 7.66. The summed E-state index contributed by atoms with van der Waals surface area (Å²) in [5.74, 6) is -0.0804. The highest BCUT2D eigenvalue weighted by Gasteiger charge is 2.11. The van der Waals surface area contributed by atoms with E-state index in [1.54, 1.807) is 0 Å². The van der Waals surface area contributed by atoms with Crippen LogP contribution in [0.25, 0.3) is 0 Å². The van der Waals surface area contributed by atoms with Crippen molar-refractivity contribution < 1.29 is 4.79 Å². The van der Waals surface area contributed by atoms with E-state index in [-0.39, 0.29) is 5.91 Å². The second-order valence-corrected chi connectivity index (χ2v) is 5.38. The van der Waals surface area contributed by atoms with E-state index in [0.29, 0.717) is 18.7 Å². The van der Waals surface area contributed by atoms with Crippen molar-refractivity contribution in [3.05, 3.63) is 52.3 Å². The van der Waals surface area contributed by atoms with Crippen LogP contribution in [0.4, 0.5) is 0 Å². The molecule has 1 aromatic carbocycles. The summed E-state index contributed by atoms with van der Waals surface area (Å²) in [5.41, 5.74) is 10.8. The number of benzene rings is 1. The maximum absolute atomic E-state index is 11.8. The Morgan fingerprint density at radius 3 is 2.50 bits per heavy atom. The van der Waals surface area contributed by atoms with E-state index in [2.05, 4.69) is 24.3 Å². The van der Waals surface area contributed by atoms with Crippen LogP contribution in [0.3, 0.4) is 0 Å². The molecule has 0 spiro atoms. The Labute approximate surface area is 131 Å². The van der Waals surface area contributed by atoms with E-state index >= 15 is 0 Å². The summed E-state index contributed by atoms with van der Waals surface area (Å²) in [6.07, 6.45) is 0.836. The van der Waals surface area contributed by atoms with Gasteiger partial charge in [-0.25, -0.2) is 0 Å². The topological polar surface area (TPSA) is 72.9 Å². The quantitative estimate of drug-likeness (QED) is 0.854. The predicted molar refractivity (Wildman–Crippen MR) is 88.0 cm³/mol. The van der Waals surface area contributed by atoms with Gasteiger partial charge < -0.3 is 11.1 Å². The van der Waals surface area contributed by atoms with Crippen molar-refractivity contribution >= 4 is 5.91 Å². The van der Waals surface area contributed by atoms with E-state index in [9.17, 15) is 4.79 Å². The number of nitrogens with one attached hydrogen (secondary N) is 1. The lowest BCUT2D eigenvalue weighted by atomic mass is 10.0.